The molecule has 3 aliphatic rings. The van der Waals surface area contributed by atoms with Crippen LogP contribution in [0.1, 0.15) is 48.2 Å². The third-order valence-electron chi connectivity index (χ3n) is 6.48. The second-order valence-electron chi connectivity index (χ2n) is 8.39. The molecule has 0 bridgehead atoms. The first-order chi connectivity index (χ1) is 14.4. The highest BCUT2D eigenvalue weighted by Crippen LogP contribution is 2.57. The molecule has 2 aromatic rings. The summed E-state index contributed by atoms with van der Waals surface area (Å²) in [5, 5.41) is 3.02. The number of amides is 2. The number of hydrogen-bond acceptors (Lipinski definition) is 3. The molecule has 0 saturated heterocycles. The molecule has 2 atom stereocenters. The highest BCUT2D eigenvalue weighted by Gasteiger charge is 2.56. The minimum Gasteiger partial charge on any atom is -0.496 e. The highest BCUT2D eigenvalue weighted by molar-refractivity contribution is 9.10. The number of aryl methyl sites for hydroxylation is 1. The Bertz CT molecular complexity index is 981. The lowest BCUT2D eigenvalue weighted by atomic mass is 10.1. The number of hydrogen-bond donors (Lipinski definition) is 1. The number of fused-ring (bicyclic) bond motifs is 2. The van der Waals surface area contributed by atoms with E-state index in [4.69, 9.17) is 4.74 Å². The van der Waals surface area contributed by atoms with Crippen molar-refractivity contribution < 1.29 is 14.3 Å². The van der Waals surface area contributed by atoms with Crippen molar-refractivity contribution >= 4 is 33.4 Å². The fraction of sp³-hybridized carbons (Fsp3) is 0.440. The Morgan fingerprint density at radius 3 is 2.55 bits per heavy atom. The van der Waals surface area contributed by atoms with Gasteiger partial charge >= 0.3 is 0 Å². The monoisotopic (exact) mass is 486 g/mol. The van der Waals surface area contributed by atoms with Crippen molar-refractivity contribution in [1.82, 2.24) is 4.90 Å². The number of ether oxygens (including phenoxy) is 1. The van der Waals surface area contributed by atoms with Crippen LogP contribution in [0.25, 0.3) is 0 Å². The Hall–Kier alpha value is -2.34. The summed E-state index contributed by atoms with van der Waals surface area (Å²) in [6, 6.07) is 11.5. The fourth-order valence-corrected chi connectivity index (χ4v) is 5.26. The molecule has 5 nitrogen and oxygen atoms in total. The van der Waals surface area contributed by atoms with Crippen LogP contribution < -0.4 is 10.1 Å². The van der Waals surface area contributed by atoms with Gasteiger partial charge in [-0.15, -0.1) is 0 Å². The van der Waals surface area contributed by atoms with Gasteiger partial charge in [0.15, 0.2) is 0 Å². The fourth-order valence-electron chi connectivity index (χ4n) is 4.77. The van der Waals surface area contributed by atoms with Gasteiger partial charge in [0, 0.05) is 41.3 Å². The van der Waals surface area contributed by atoms with Crippen molar-refractivity contribution in [3.63, 3.8) is 0 Å². The van der Waals surface area contributed by atoms with Gasteiger partial charge in [-0.05, 0) is 60.9 Å². The standard InChI is InChI=1S/C15H19NO2.C9H8BrNO.CH4/c1-9-6-7-10(8-13(9)18-2)16-15(17)14-11-4-3-5-12(11)14;1-11-5-7-6(9(11)12)3-2-4-8(7)10;/h6-8,11-12,14H,3-5H2,1-2H3,(H,16,17);2-4H,5H2,1H3;1H4. The lowest BCUT2D eigenvalue weighted by molar-refractivity contribution is -0.118. The molecule has 2 aromatic carbocycles. The summed E-state index contributed by atoms with van der Waals surface area (Å²) in [4.78, 5) is 25.3. The van der Waals surface area contributed by atoms with E-state index in [-0.39, 0.29) is 25.2 Å². The Morgan fingerprint density at radius 1 is 1.19 bits per heavy atom. The zero-order valence-electron chi connectivity index (χ0n) is 17.6. The van der Waals surface area contributed by atoms with Crippen LogP contribution in [-0.2, 0) is 11.3 Å². The minimum atomic E-state index is 0. The average Bonchev–Trinajstić information content (AvgIpc) is 3.05. The molecule has 1 N–H and O–H groups in total. The largest absolute Gasteiger partial charge is 0.496 e. The molecule has 6 heteroatoms. The Kier molecular flexibility index (Phi) is 7.10. The van der Waals surface area contributed by atoms with Crippen molar-refractivity contribution in [3.8, 4) is 5.75 Å². The maximum Gasteiger partial charge on any atom is 0.254 e. The summed E-state index contributed by atoms with van der Waals surface area (Å²) in [6.07, 6.45) is 3.78. The zero-order valence-corrected chi connectivity index (χ0v) is 19.2. The summed E-state index contributed by atoms with van der Waals surface area (Å²) in [5.41, 5.74) is 3.85. The summed E-state index contributed by atoms with van der Waals surface area (Å²) >= 11 is 3.42. The molecule has 2 aliphatic carbocycles. The van der Waals surface area contributed by atoms with Gasteiger partial charge in [-0.1, -0.05) is 41.9 Å². The van der Waals surface area contributed by atoms with Crippen molar-refractivity contribution in [1.29, 1.82) is 0 Å². The van der Waals surface area contributed by atoms with Crippen LogP contribution in [0.15, 0.2) is 40.9 Å². The van der Waals surface area contributed by atoms with E-state index in [1.54, 1.807) is 12.0 Å². The van der Waals surface area contributed by atoms with Crippen LogP contribution in [-0.4, -0.2) is 30.9 Å². The number of anilines is 1. The van der Waals surface area contributed by atoms with Crippen molar-refractivity contribution in [2.45, 2.75) is 40.2 Å². The zero-order chi connectivity index (χ0) is 21.4. The smallest absolute Gasteiger partial charge is 0.254 e. The molecule has 1 aliphatic heterocycles. The molecule has 0 aromatic heterocycles. The quantitative estimate of drug-likeness (QED) is 0.608. The predicted molar refractivity (Wildman–Crippen MR) is 127 cm³/mol. The number of methoxy groups -OCH3 is 1. The van der Waals surface area contributed by atoms with Gasteiger partial charge in [0.1, 0.15) is 5.75 Å². The Labute approximate surface area is 193 Å². The van der Waals surface area contributed by atoms with Crippen molar-refractivity contribution in [2.75, 3.05) is 19.5 Å². The second kappa shape index (κ2) is 9.43. The first kappa shape index (κ1) is 23.3. The third-order valence-corrected chi connectivity index (χ3v) is 7.22. The molecule has 166 valence electrons. The maximum atomic E-state index is 12.1. The molecule has 0 radical (unpaired) electrons. The van der Waals surface area contributed by atoms with Crippen LogP contribution in [0.5, 0.6) is 5.75 Å². The average molecular weight is 487 g/mol. The molecule has 1 heterocycles. The number of nitrogens with zero attached hydrogens (tertiary/aromatic N) is 1. The molecular formula is C25H31BrN2O3. The molecule has 0 spiro atoms. The molecule has 31 heavy (non-hydrogen) atoms. The topological polar surface area (TPSA) is 58.6 Å². The number of rotatable bonds is 3. The Morgan fingerprint density at radius 2 is 1.90 bits per heavy atom. The number of benzene rings is 2. The molecule has 2 fully saturated rings. The van der Waals surface area contributed by atoms with E-state index in [0.29, 0.717) is 11.8 Å². The van der Waals surface area contributed by atoms with Crippen LogP contribution in [0.2, 0.25) is 0 Å². The van der Waals surface area contributed by atoms with Crippen molar-refractivity contribution in [2.24, 2.45) is 17.8 Å². The van der Waals surface area contributed by atoms with Crippen LogP contribution in [0.4, 0.5) is 5.69 Å². The number of carbonyl (C=O) groups excluding carboxylic acids is 2. The lowest BCUT2D eigenvalue weighted by Gasteiger charge is -2.10. The third kappa shape index (κ3) is 4.64. The van der Waals surface area contributed by atoms with E-state index in [9.17, 15) is 9.59 Å². The number of carbonyl (C=O) groups is 2. The van der Waals surface area contributed by atoms with Gasteiger partial charge < -0.3 is 15.0 Å². The van der Waals surface area contributed by atoms with Crippen LogP contribution >= 0.6 is 15.9 Å². The van der Waals surface area contributed by atoms with Crippen molar-refractivity contribution in [3.05, 3.63) is 57.6 Å². The summed E-state index contributed by atoms with van der Waals surface area (Å²) in [6.45, 7) is 2.71. The van der Waals surface area contributed by atoms with Gasteiger partial charge in [0.25, 0.3) is 5.91 Å². The summed E-state index contributed by atoms with van der Waals surface area (Å²) in [7, 11) is 3.47. The van der Waals surface area contributed by atoms with Gasteiger partial charge in [0.05, 0.1) is 7.11 Å². The first-order valence-electron chi connectivity index (χ1n) is 10.4. The molecular weight excluding hydrogens is 456 g/mol. The number of halogens is 1. The summed E-state index contributed by atoms with van der Waals surface area (Å²) in [5.74, 6) is 2.73. The van der Waals surface area contributed by atoms with E-state index < -0.39 is 0 Å². The molecule has 5 rings (SSSR count). The SMILES string of the molecule is C.CN1Cc2c(Br)cccc2C1=O.COc1cc(NC(=O)C2C3CCCC32)ccc1C. The van der Waals surface area contributed by atoms with Gasteiger partial charge in [-0.3, -0.25) is 9.59 Å². The summed E-state index contributed by atoms with van der Waals surface area (Å²) < 4.78 is 6.29. The van der Waals surface area contributed by atoms with E-state index in [1.807, 2.05) is 50.4 Å². The van der Waals surface area contributed by atoms with Crippen LogP contribution in [0.3, 0.4) is 0 Å². The van der Waals surface area contributed by atoms with E-state index in [0.717, 1.165) is 39.1 Å². The molecule has 2 unspecified atom stereocenters. The van der Waals surface area contributed by atoms with Crippen LogP contribution in [0, 0.1) is 24.7 Å². The first-order valence-corrected chi connectivity index (χ1v) is 11.2. The van der Waals surface area contributed by atoms with Gasteiger partial charge in [-0.25, -0.2) is 0 Å². The lowest BCUT2D eigenvalue weighted by Crippen LogP contribution is -2.17. The molecule has 2 amide bonds. The number of nitrogens with one attached hydrogen (secondary N) is 1. The van der Waals surface area contributed by atoms with E-state index in [2.05, 4.69) is 21.2 Å². The maximum absolute atomic E-state index is 12.1. The van der Waals surface area contributed by atoms with E-state index in [1.165, 1.54) is 19.3 Å². The normalized spacial score (nSPS) is 22.5. The predicted octanol–water partition coefficient (Wildman–Crippen LogP) is 5.66. The minimum absolute atomic E-state index is 0. The Balaban J connectivity index is 0.000000183. The second-order valence-corrected chi connectivity index (χ2v) is 9.24. The van der Waals surface area contributed by atoms with Gasteiger partial charge in [-0.2, -0.15) is 0 Å². The van der Waals surface area contributed by atoms with Gasteiger partial charge in [0.2, 0.25) is 5.91 Å². The van der Waals surface area contributed by atoms with E-state index >= 15 is 0 Å². The highest BCUT2D eigenvalue weighted by atomic mass is 79.9. The molecule has 2 saturated carbocycles.